The Labute approximate surface area is 179 Å². The summed E-state index contributed by atoms with van der Waals surface area (Å²) >= 11 is 5.94. The van der Waals surface area contributed by atoms with Crippen molar-refractivity contribution in [1.82, 2.24) is 14.5 Å². The number of nitrogens with zero attached hydrogens (tertiary/aromatic N) is 2. The lowest BCUT2D eigenvalue weighted by Gasteiger charge is -2.14. The molecule has 14 heteroatoms. The third kappa shape index (κ3) is 4.88. The standard InChI is InChI=1S/C18H10ClF4N3O6/c19-8-4-9(20)10(26-14(27)6-13(18(21,22)23)25-17(26)30)5-12(8)32-11-2-1-3-24-16(11)31-7-15(28)29/h1-6H,7H2,(H,25,30)(H,28,29). The third-order valence-electron chi connectivity index (χ3n) is 3.77. The molecule has 2 N–H and O–H groups in total. The number of carboxylic acid groups (broad SMARTS) is 1. The highest BCUT2D eigenvalue weighted by molar-refractivity contribution is 6.32. The largest absolute Gasteiger partial charge is 0.479 e. The van der Waals surface area contributed by atoms with Gasteiger partial charge in [-0.15, -0.1) is 0 Å². The molecule has 2 aromatic heterocycles. The Morgan fingerprint density at radius 3 is 2.56 bits per heavy atom. The summed E-state index contributed by atoms with van der Waals surface area (Å²) in [7, 11) is 0. The molecule has 0 radical (unpaired) electrons. The van der Waals surface area contributed by atoms with Gasteiger partial charge >= 0.3 is 17.8 Å². The molecular weight excluding hydrogens is 466 g/mol. The van der Waals surface area contributed by atoms with Gasteiger partial charge in [0.25, 0.3) is 11.4 Å². The van der Waals surface area contributed by atoms with E-state index in [0.717, 1.165) is 6.07 Å². The number of hydrogen-bond acceptors (Lipinski definition) is 6. The number of pyridine rings is 1. The molecule has 0 atom stereocenters. The highest BCUT2D eigenvalue weighted by atomic mass is 35.5. The summed E-state index contributed by atoms with van der Waals surface area (Å²) in [5.41, 5.74) is -5.37. The van der Waals surface area contributed by atoms with Crippen LogP contribution in [0.1, 0.15) is 5.69 Å². The van der Waals surface area contributed by atoms with Crippen molar-refractivity contribution in [1.29, 1.82) is 0 Å². The second kappa shape index (κ2) is 8.70. The summed E-state index contributed by atoms with van der Waals surface area (Å²) in [6.07, 6.45) is -3.74. The zero-order chi connectivity index (χ0) is 23.6. The summed E-state index contributed by atoms with van der Waals surface area (Å²) in [4.78, 5) is 40.2. The summed E-state index contributed by atoms with van der Waals surface area (Å²) in [6.45, 7) is -0.758. The van der Waals surface area contributed by atoms with Gasteiger partial charge in [-0.1, -0.05) is 11.6 Å². The molecule has 9 nitrogen and oxygen atoms in total. The van der Waals surface area contributed by atoms with E-state index in [0.29, 0.717) is 6.07 Å². The normalized spacial score (nSPS) is 11.3. The summed E-state index contributed by atoms with van der Waals surface area (Å²) < 4.78 is 63.4. The second-order valence-corrected chi connectivity index (χ2v) is 6.39. The number of ether oxygens (including phenoxy) is 2. The Bertz CT molecular complexity index is 1270. The molecule has 0 amide bonds. The average Bonchev–Trinajstić information content (AvgIpc) is 2.69. The zero-order valence-corrected chi connectivity index (χ0v) is 16.2. The fraction of sp³-hybridized carbons (Fsp3) is 0.111. The molecule has 168 valence electrons. The molecule has 0 saturated heterocycles. The number of aliphatic carboxylic acids is 1. The first-order valence-corrected chi connectivity index (χ1v) is 8.75. The van der Waals surface area contributed by atoms with E-state index in [-0.39, 0.29) is 33.0 Å². The number of nitrogens with one attached hydrogen (secondary N) is 1. The molecule has 0 aliphatic rings. The van der Waals surface area contributed by atoms with Gasteiger partial charge in [-0.25, -0.2) is 23.5 Å². The van der Waals surface area contributed by atoms with Crippen molar-refractivity contribution >= 4 is 17.6 Å². The van der Waals surface area contributed by atoms with Crippen LogP contribution in [0.4, 0.5) is 17.6 Å². The molecule has 0 aliphatic heterocycles. The number of halogens is 5. The predicted octanol–water partition coefficient (Wildman–Crippen LogP) is 2.99. The van der Waals surface area contributed by atoms with E-state index in [4.69, 9.17) is 26.2 Å². The average molecular weight is 476 g/mol. The van der Waals surface area contributed by atoms with Crippen LogP contribution in [0.3, 0.4) is 0 Å². The van der Waals surface area contributed by atoms with Gasteiger partial charge in [-0.3, -0.25) is 4.79 Å². The maximum Gasteiger partial charge on any atom is 0.431 e. The fourth-order valence-corrected chi connectivity index (χ4v) is 2.64. The maximum atomic E-state index is 14.5. The molecule has 0 saturated carbocycles. The van der Waals surface area contributed by atoms with E-state index >= 15 is 0 Å². The molecule has 1 aromatic carbocycles. The van der Waals surface area contributed by atoms with Crippen LogP contribution in [0.2, 0.25) is 5.02 Å². The molecule has 2 heterocycles. The molecule has 0 bridgehead atoms. The second-order valence-electron chi connectivity index (χ2n) is 5.98. The Kier molecular flexibility index (Phi) is 6.20. The Morgan fingerprint density at radius 2 is 1.94 bits per heavy atom. The number of rotatable bonds is 6. The van der Waals surface area contributed by atoms with E-state index in [1.807, 2.05) is 0 Å². The van der Waals surface area contributed by atoms with E-state index in [2.05, 4.69) is 4.98 Å². The Hall–Kier alpha value is -3.87. The van der Waals surface area contributed by atoms with Crippen LogP contribution < -0.4 is 20.7 Å². The van der Waals surface area contributed by atoms with Gasteiger partial charge in [0.1, 0.15) is 17.3 Å². The van der Waals surface area contributed by atoms with E-state index in [1.54, 1.807) is 0 Å². The summed E-state index contributed by atoms with van der Waals surface area (Å²) in [5.74, 6) is -3.25. The van der Waals surface area contributed by atoms with E-state index in [9.17, 15) is 31.9 Å². The minimum absolute atomic E-state index is 0.0922. The van der Waals surface area contributed by atoms with Crippen LogP contribution in [0, 0.1) is 5.82 Å². The topological polar surface area (TPSA) is 124 Å². The first-order chi connectivity index (χ1) is 15.0. The van der Waals surface area contributed by atoms with Crippen LogP contribution in [-0.4, -0.2) is 32.2 Å². The Morgan fingerprint density at radius 1 is 1.22 bits per heavy atom. The van der Waals surface area contributed by atoms with Gasteiger partial charge in [-0.05, 0) is 18.2 Å². The van der Waals surface area contributed by atoms with Crippen molar-refractivity contribution < 1.29 is 36.9 Å². The van der Waals surface area contributed by atoms with Crippen LogP contribution >= 0.6 is 11.6 Å². The predicted molar refractivity (Wildman–Crippen MR) is 100 cm³/mol. The van der Waals surface area contributed by atoms with Crippen molar-refractivity contribution in [2.75, 3.05) is 6.61 Å². The molecular formula is C18H10ClF4N3O6. The van der Waals surface area contributed by atoms with Gasteiger partial charge in [0.05, 0.1) is 10.7 Å². The van der Waals surface area contributed by atoms with E-state index in [1.165, 1.54) is 23.3 Å². The minimum atomic E-state index is -5.00. The van der Waals surface area contributed by atoms with Crippen LogP contribution in [-0.2, 0) is 11.0 Å². The van der Waals surface area contributed by atoms with Crippen molar-refractivity contribution in [2.45, 2.75) is 6.18 Å². The zero-order valence-electron chi connectivity index (χ0n) is 15.4. The first kappa shape index (κ1) is 22.8. The van der Waals surface area contributed by atoms with Gasteiger partial charge in [-0.2, -0.15) is 13.2 Å². The quantitative estimate of drug-likeness (QED) is 0.525. The maximum absolute atomic E-state index is 14.5. The Balaban J connectivity index is 2.07. The van der Waals surface area contributed by atoms with Crippen LogP contribution in [0.5, 0.6) is 17.4 Å². The fourth-order valence-electron chi connectivity index (χ4n) is 2.45. The monoisotopic (exact) mass is 475 g/mol. The van der Waals surface area contributed by atoms with Crippen molar-refractivity contribution in [3.63, 3.8) is 0 Å². The highest BCUT2D eigenvalue weighted by Crippen LogP contribution is 2.36. The van der Waals surface area contributed by atoms with Gasteiger partial charge in [0.2, 0.25) is 0 Å². The van der Waals surface area contributed by atoms with Crippen LogP contribution in [0.25, 0.3) is 5.69 Å². The van der Waals surface area contributed by atoms with Crippen LogP contribution in [0.15, 0.2) is 46.1 Å². The van der Waals surface area contributed by atoms with Crippen molar-refractivity contribution in [2.24, 2.45) is 0 Å². The molecule has 0 unspecified atom stereocenters. The summed E-state index contributed by atoms with van der Waals surface area (Å²) in [6, 6.07) is 4.27. The third-order valence-corrected chi connectivity index (χ3v) is 4.06. The molecule has 3 aromatic rings. The number of benzene rings is 1. The van der Waals surface area contributed by atoms with Crippen molar-refractivity contribution in [3.05, 3.63) is 73.9 Å². The molecule has 3 rings (SSSR count). The SMILES string of the molecule is O=C(O)COc1ncccc1Oc1cc(-n2c(=O)cc(C(F)(F)F)[nH]c2=O)c(F)cc1Cl. The van der Waals surface area contributed by atoms with Crippen molar-refractivity contribution in [3.8, 4) is 23.1 Å². The minimum Gasteiger partial charge on any atom is -0.479 e. The number of H-pyrrole nitrogens is 1. The number of hydrogen-bond donors (Lipinski definition) is 2. The summed E-state index contributed by atoms with van der Waals surface area (Å²) in [5, 5.41) is 8.39. The van der Waals surface area contributed by atoms with Gasteiger partial charge in [0.15, 0.2) is 12.4 Å². The molecule has 32 heavy (non-hydrogen) atoms. The number of carboxylic acids is 1. The molecule has 0 aliphatic carbocycles. The van der Waals surface area contributed by atoms with Gasteiger partial charge in [0, 0.05) is 18.3 Å². The molecule has 0 fully saturated rings. The number of aromatic amines is 1. The number of alkyl halides is 3. The number of carbonyl (C=O) groups is 1. The smallest absolute Gasteiger partial charge is 0.431 e. The first-order valence-electron chi connectivity index (χ1n) is 8.38. The molecule has 0 spiro atoms. The van der Waals surface area contributed by atoms with Gasteiger partial charge < -0.3 is 19.6 Å². The number of aromatic nitrogens is 3. The lowest BCUT2D eigenvalue weighted by Crippen LogP contribution is -2.36. The lowest BCUT2D eigenvalue weighted by molar-refractivity contribution is -0.141. The highest BCUT2D eigenvalue weighted by Gasteiger charge is 2.33. The lowest BCUT2D eigenvalue weighted by atomic mass is 10.2. The van der Waals surface area contributed by atoms with E-state index < -0.39 is 47.2 Å².